The average Bonchev–Trinajstić information content (AvgIpc) is 2.77. The number of aliphatic hydroxyl groups is 1. The molecule has 0 aromatic heterocycles. The molecule has 4 fully saturated rings. The highest BCUT2D eigenvalue weighted by atomic mass is 16.7. The summed E-state index contributed by atoms with van der Waals surface area (Å²) in [5, 5.41) is 10.1. The molecule has 3 saturated carbocycles. The molecule has 1 heterocycles. The van der Waals surface area contributed by atoms with Crippen molar-refractivity contribution in [3.63, 3.8) is 0 Å². The second kappa shape index (κ2) is 2.76. The maximum Gasteiger partial charge on any atom is 0.174 e. The number of rotatable bonds is 0. The summed E-state index contributed by atoms with van der Waals surface area (Å²) in [6, 6.07) is 0. The Morgan fingerprint density at radius 3 is 2.47 bits per heavy atom. The Labute approximate surface area is 89.8 Å². The fraction of sp³-hybridized carbons (Fsp3) is 1.00. The summed E-state index contributed by atoms with van der Waals surface area (Å²) < 4.78 is 11.9. The van der Waals surface area contributed by atoms with E-state index in [-0.39, 0.29) is 11.9 Å². The third-order valence-corrected chi connectivity index (χ3v) is 5.21. The first kappa shape index (κ1) is 8.97. The average molecular weight is 210 g/mol. The Morgan fingerprint density at radius 1 is 0.933 bits per heavy atom. The maximum atomic E-state index is 10.1. The molecule has 3 bridgehead atoms. The molecule has 84 valence electrons. The van der Waals surface area contributed by atoms with Gasteiger partial charge in [-0.05, 0) is 37.5 Å². The van der Waals surface area contributed by atoms with Crippen LogP contribution in [0.25, 0.3) is 0 Å². The molecule has 1 aliphatic heterocycles. The number of hydrogen-bond acceptors (Lipinski definition) is 3. The normalized spacial score (nSPS) is 55.4. The van der Waals surface area contributed by atoms with Crippen LogP contribution in [-0.4, -0.2) is 30.2 Å². The highest BCUT2D eigenvalue weighted by Crippen LogP contribution is 2.62. The molecule has 1 N–H and O–H groups in total. The monoisotopic (exact) mass is 210 g/mol. The van der Waals surface area contributed by atoms with E-state index in [1.165, 1.54) is 12.8 Å². The lowest BCUT2D eigenvalue weighted by Crippen LogP contribution is -2.42. The Hall–Kier alpha value is -0.120. The van der Waals surface area contributed by atoms with Crippen LogP contribution < -0.4 is 0 Å². The van der Waals surface area contributed by atoms with Gasteiger partial charge in [-0.1, -0.05) is 0 Å². The lowest BCUT2D eigenvalue weighted by atomic mass is 9.71. The van der Waals surface area contributed by atoms with Crippen LogP contribution >= 0.6 is 0 Å². The van der Waals surface area contributed by atoms with Crippen LogP contribution in [0.15, 0.2) is 0 Å². The van der Waals surface area contributed by atoms with Gasteiger partial charge in [0.1, 0.15) is 0 Å². The van der Waals surface area contributed by atoms with E-state index in [2.05, 4.69) is 0 Å². The Bertz CT molecular complexity index is 285. The third-order valence-electron chi connectivity index (χ3n) is 5.21. The Balaban J connectivity index is 1.77. The molecule has 3 heteroatoms. The summed E-state index contributed by atoms with van der Waals surface area (Å²) in [5.74, 6) is 2.04. The van der Waals surface area contributed by atoms with E-state index in [0.717, 1.165) is 32.0 Å². The summed E-state index contributed by atoms with van der Waals surface area (Å²) >= 11 is 0. The van der Waals surface area contributed by atoms with Crippen molar-refractivity contribution >= 4 is 0 Å². The van der Waals surface area contributed by atoms with Gasteiger partial charge >= 0.3 is 0 Å². The summed E-state index contributed by atoms with van der Waals surface area (Å²) in [4.78, 5) is 0. The molecule has 0 aromatic carbocycles. The van der Waals surface area contributed by atoms with Crippen LogP contribution in [-0.2, 0) is 9.47 Å². The standard InChI is InChI=1S/C12H18O3/c13-11-6-10-7-3-8(11)5-9(4-7)12(10)14-1-2-15-12/h7-11,13H,1-6H2/t7-,8+,9-,10?,11?/m1/s1. The van der Waals surface area contributed by atoms with Crippen molar-refractivity contribution in [2.24, 2.45) is 23.7 Å². The first-order valence-electron chi connectivity index (χ1n) is 6.25. The molecule has 4 rings (SSSR count). The van der Waals surface area contributed by atoms with Crippen LogP contribution in [0.3, 0.4) is 0 Å². The number of aliphatic hydroxyl groups excluding tert-OH is 1. The first-order valence-corrected chi connectivity index (χ1v) is 6.25. The van der Waals surface area contributed by atoms with Gasteiger partial charge in [0.25, 0.3) is 0 Å². The predicted molar refractivity (Wildman–Crippen MR) is 53.1 cm³/mol. The molecular weight excluding hydrogens is 192 g/mol. The topological polar surface area (TPSA) is 38.7 Å². The minimum atomic E-state index is -0.281. The van der Waals surface area contributed by atoms with Gasteiger partial charge < -0.3 is 14.6 Å². The van der Waals surface area contributed by atoms with E-state index in [1.54, 1.807) is 0 Å². The fourth-order valence-electron chi connectivity index (χ4n) is 4.71. The van der Waals surface area contributed by atoms with E-state index in [0.29, 0.717) is 17.8 Å². The van der Waals surface area contributed by atoms with Gasteiger partial charge in [0.15, 0.2) is 5.79 Å². The highest BCUT2D eigenvalue weighted by Gasteiger charge is 2.64. The summed E-state index contributed by atoms with van der Waals surface area (Å²) in [6.07, 6.45) is 4.41. The van der Waals surface area contributed by atoms with Gasteiger partial charge in [-0.25, -0.2) is 0 Å². The van der Waals surface area contributed by atoms with Gasteiger partial charge in [0, 0.05) is 11.8 Å². The van der Waals surface area contributed by atoms with E-state index in [9.17, 15) is 5.11 Å². The molecule has 5 atom stereocenters. The first-order chi connectivity index (χ1) is 7.29. The van der Waals surface area contributed by atoms with Gasteiger partial charge in [-0.15, -0.1) is 0 Å². The van der Waals surface area contributed by atoms with Crippen molar-refractivity contribution in [3.8, 4) is 0 Å². The second-order valence-electron chi connectivity index (χ2n) is 5.75. The van der Waals surface area contributed by atoms with Gasteiger partial charge in [-0.2, -0.15) is 0 Å². The Kier molecular flexibility index (Phi) is 1.65. The van der Waals surface area contributed by atoms with Gasteiger partial charge in [0.2, 0.25) is 0 Å². The van der Waals surface area contributed by atoms with Crippen LogP contribution in [0.5, 0.6) is 0 Å². The van der Waals surface area contributed by atoms with Crippen molar-refractivity contribution in [1.29, 1.82) is 0 Å². The number of hydrogen-bond donors (Lipinski definition) is 1. The quantitative estimate of drug-likeness (QED) is 0.652. The molecule has 0 amide bonds. The molecule has 0 aromatic rings. The van der Waals surface area contributed by atoms with E-state index >= 15 is 0 Å². The molecule has 0 radical (unpaired) electrons. The largest absolute Gasteiger partial charge is 0.393 e. The molecule has 1 saturated heterocycles. The smallest absolute Gasteiger partial charge is 0.174 e. The molecule has 4 aliphatic rings. The zero-order chi connectivity index (χ0) is 10.0. The molecular formula is C12H18O3. The molecule has 1 spiro atoms. The van der Waals surface area contributed by atoms with Crippen molar-refractivity contribution in [1.82, 2.24) is 0 Å². The molecule has 3 aliphatic carbocycles. The minimum Gasteiger partial charge on any atom is -0.393 e. The lowest BCUT2D eigenvalue weighted by molar-refractivity contribution is -0.211. The maximum absolute atomic E-state index is 10.1. The highest BCUT2D eigenvalue weighted by molar-refractivity contribution is 5.08. The zero-order valence-corrected chi connectivity index (χ0v) is 8.89. The number of fused-ring (bicyclic) bond motifs is 4. The molecule has 3 nitrogen and oxygen atoms in total. The lowest BCUT2D eigenvalue weighted by Gasteiger charge is -2.37. The van der Waals surface area contributed by atoms with E-state index in [1.807, 2.05) is 0 Å². The summed E-state index contributed by atoms with van der Waals surface area (Å²) in [5.41, 5.74) is 0. The van der Waals surface area contributed by atoms with Crippen molar-refractivity contribution in [3.05, 3.63) is 0 Å². The third kappa shape index (κ3) is 0.973. The van der Waals surface area contributed by atoms with Gasteiger partial charge in [-0.3, -0.25) is 0 Å². The van der Waals surface area contributed by atoms with Crippen molar-refractivity contribution in [2.45, 2.75) is 37.6 Å². The van der Waals surface area contributed by atoms with Crippen LogP contribution in [0.2, 0.25) is 0 Å². The second-order valence-corrected chi connectivity index (χ2v) is 5.75. The Morgan fingerprint density at radius 2 is 1.67 bits per heavy atom. The SMILES string of the molecule is OC1CC2[C@@H]3C[C@H]1C[C@@H](C3)C21OCCO1. The van der Waals surface area contributed by atoms with E-state index < -0.39 is 0 Å². The zero-order valence-electron chi connectivity index (χ0n) is 8.89. The van der Waals surface area contributed by atoms with Crippen LogP contribution in [0, 0.1) is 23.7 Å². The van der Waals surface area contributed by atoms with Crippen LogP contribution in [0.1, 0.15) is 25.7 Å². The summed E-state index contributed by atoms with van der Waals surface area (Å²) in [7, 11) is 0. The van der Waals surface area contributed by atoms with Crippen molar-refractivity contribution in [2.75, 3.05) is 13.2 Å². The number of ether oxygens (including phenoxy) is 2. The predicted octanol–water partition coefficient (Wildman–Crippen LogP) is 1.16. The molecule has 2 unspecified atom stereocenters. The summed E-state index contributed by atoms with van der Waals surface area (Å²) in [6.45, 7) is 1.50. The molecule has 15 heavy (non-hydrogen) atoms. The van der Waals surface area contributed by atoms with Gasteiger partial charge in [0.05, 0.1) is 19.3 Å². The van der Waals surface area contributed by atoms with E-state index in [4.69, 9.17) is 9.47 Å². The fourth-order valence-corrected chi connectivity index (χ4v) is 4.71. The minimum absolute atomic E-state index is 0.0961. The van der Waals surface area contributed by atoms with Crippen molar-refractivity contribution < 1.29 is 14.6 Å². The van der Waals surface area contributed by atoms with Crippen LogP contribution in [0.4, 0.5) is 0 Å².